The van der Waals surface area contributed by atoms with Gasteiger partial charge in [0.15, 0.2) is 0 Å². The number of carbonyl (C=O) groups excluding carboxylic acids is 3. The van der Waals surface area contributed by atoms with Gasteiger partial charge in [-0.05, 0) is 19.4 Å². The lowest BCUT2D eigenvalue weighted by Gasteiger charge is -2.12. The lowest BCUT2D eigenvalue weighted by Crippen LogP contribution is -2.31. The van der Waals surface area contributed by atoms with E-state index >= 15 is 0 Å². The van der Waals surface area contributed by atoms with E-state index < -0.39 is 17.8 Å². The average molecular weight is 309 g/mol. The average Bonchev–Trinajstić information content (AvgIpc) is 2.56. The van der Waals surface area contributed by atoms with Gasteiger partial charge in [-0.25, -0.2) is 4.79 Å². The van der Waals surface area contributed by atoms with Crippen LogP contribution in [0.25, 0.3) is 0 Å². The second kappa shape index (κ2) is 8.19. The molecule has 0 radical (unpaired) electrons. The molecule has 0 atom stereocenters. The zero-order valence-electron chi connectivity index (χ0n) is 9.52. The molecule has 1 fully saturated rings. The molecule has 2 N–H and O–H groups in total. The summed E-state index contributed by atoms with van der Waals surface area (Å²) in [4.78, 5) is 38.1. The molecule has 0 bridgehead atoms. The molecule has 17 heavy (non-hydrogen) atoms. The first-order valence-electron chi connectivity index (χ1n) is 5.42. The van der Waals surface area contributed by atoms with Gasteiger partial charge in [0.05, 0.1) is 0 Å². The summed E-state index contributed by atoms with van der Waals surface area (Å²) in [7, 11) is 0. The largest absolute Gasteiger partial charge is 0.333 e. The summed E-state index contributed by atoms with van der Waals surface area (Å²) in [5, 5.41) is 0.575. The van der Waals surface area contributed by atoms with E-state index in [0.29, 0.717) is 18.0 Å². The van der Waals surface area contributed by atoms with Crippen molar-refractivity contribution >= 4 is 34.8 Å². The molecule has 1 aliphatic rings. The number of hydrogen-bond donors (Lipinski definition) is 1. The third-order valence-corrected chi connectivity index (χ3v) is 2.28. The Balaban J connectivity index is 0.00000256. The Bertz CT molecular complexity index is 280. The fourth-order valence-electron chi connectivity index (χ4n) is 1.40. The summed E-state index contributed by atoms with van der Waals surface area (Å²) in [6.07, 6.45) is 2.81. The lowest BCUT2D eigenvalue weighted by molar-refractivity contribution is -0.197. The standard InChI is InChI=1S/C10H16N2O4.BrH/c11-7-3-1-2-4-10(15)16-12-8(13)5-6-9(12)14;/h1-7,11H2;1H. The minimum Gasteiger partial charge on any atom is -0.330 e. The summed E-state index contributed by atoms with van der Waals surface area (Å²) in [6.45, 7) is 0.595. The number of hydroxylamine groups is 2. The molecular weight excluding hydrogens is 292 g/mol. The van der Waals surface area contributed by atoms with Gasteiger partial charge in [-0.3, -0.25) is 9.59 Å². The molecule has 0 saturated carbocycles. The lowest BCUT2D eigenvalue weighted by atomic mass is 10.2. The van der Waals surface area contributed by atoms with Crippen LogP contribution in [0.5, 0.6) is 0 Å². The van der Waals surface area contributed by atoms with E-state index in [2.05, 4.69) is 4.84 Å². The summed E-state index contributed by atoms with van der Waals surface area (Å²) in [6, 6.07) is 0. The van der Waals surface area contributed by atoms with Crippen LogP contribution >= 0.6 is 17.0 Å². The Morgan fingerprint density at radius 2 is 1.76 bits per heavy atom. The highest BCUT2D eigenvalue weighted by Gasteiger charge is 2.32. The minimum absolute atomic E-state index is 0. The highest BCUT2D eigenvalue weighted by atomic mass is 79.9. The summed E-state index contributed by atoms with van der Waals surface area (Å²) in [5.41, 5.74) is 5.30. The molecule has 1 saturated heterocycles. The van der Waals surface area contributed by atoms with E-state index in [4.69, 9.17) is 5.73 Å². The number of imide groups is 1. The van der Waals surface area contributed by atoms with Crippen LogP contribution in [0.3, 0.4) is 0 Å². The zero-order valence-corrected chi connectivity index (χ0v) is 11.2. The van der Waals surface area contributed by atoms with Gasteiger partial charge in [0.25, 0.3) is 11.8 Å². The van der Waals surface area contributed by atoms with Crippen molar-refractivity contribution in [2.45, 2.75) is 38.5 Å². The molecule has 98 valence electrons. The number of hydrogen-bond acceptors (Lipinski definition) is 5. The first-order valence-corrected chi connectivity index (χ1v) is 5.42. The molecule has 1 heterocycles. The monoisotopic (exact) mass is 308 g/mol. The maximum absolute atomic E-state index is 11.3. The maximum atomic E-state index is 11.3. The normalized spacial score (nSPS) is 14.8. The van der Waals surface area contributed by atoms with Crippen LogP contribution in [-0.2, 0) is 19.2 Å². The quantitative estimate of drug-likeness (QED) is 0.576. The molecule has 0 aliphatic carbocycles. The van der Waals surface area contributed by atoms with Crippen molar-refractivity contribution in [3.63, 3.8) is 0 Å². The van der Waals surface area contributed by atoms with Gasteiger partial charge < -0.3 is 10.6 Å². The minimum atomic E-state index is -0.541. The molecule has 0 unspecified atom stereocenters. The van der Waals surface area contributed by atoms with Gasteiger partial charge in [-0.15, -0.1) is 22.0 Å². The Labute approximate surface area is 110 Å². The Hall–Kier alpha value is -0.950. The number of amides is 2. The van der Waals surface area contributed by atoms with Gasteiger partial charge in [-0.2, -0.15) is 0 Å². The van der Waals surface area contributed by atoms with Gasteiger partial charge in [0.1, 0.15) is 0 Å². The van der Waals surface area contributed by atoms with Crippen LogP contribution in [0.1, 0.15) is 38.5 Å². The van der Waals surface area contributed by atoms with E-state index in [9.17, 15) is 14.4 Å². The highest BCUT2D eigenvalue weighted by molar-refractivity contribution is 8.93. The van der Waals surface area contributed by atoms with E-state index in [1.807, 2.05) is 0 Å². The second-order valence-electron chi connectivity index (χ2n) is 3.64. The molecule has 0 aromatic carbocycles. The Morgan fingerprint density at radius 1 is 1.18 bits per heavy atom. The predicted octanol–water partition coefficient (Wildman–Crippen LogP) is 0.691. The first-order chi connectivity index (χ1) is 7.65. The molecule has 0 aromatic heterocycles. The van der Waals surface area contributed by atoms with Gasteiger partial charge in [0.2, 0.25) is 0 Å². The third-order valence-electron chi connectivity index (χ3n) is 2.28. The molecule has 0 spiro atoms. The molecule has 6 nitrogen and oxygen atoms in total. The Kier molecular flexibility index (Phi) is 7.73. The first kappa shape index (κ1) is 16.1. The molecule has 1 aliphatic heterocycles. The van der Waals surface area contributed by atoms with E-state index in [1.165, 1.54) is 0 Å². The zero-order chi connectivity index (χ0) is 12.0. The van der Waals surface area contributed by atoms with Crippen molar-refractivity contribution in [3.05, 3.63) is 0 Å². The van der Waals surface area contributed by atoms with Crippen molar-refractivity contribution in [3.8, 4) is 0 Å². The van der Waals surface area contributed by atoms with Crippen molar-refractivity contribution in [2.24, 2.45) is 5.73 Å². The van der Waals surface area contributed by atoms with Crippen LogP contribution in [0.15, 0.2) is 0 Å². The van der Waals surface area contributed by atoms with Gasteiger partial charge in [0, 0.05) is 19.3 Å². The second-order valence-corrected chi connectivity index (χ2v) is 3.64. The van der Waals surface area contributed by atoms with Crippen LogP contribution < -0.4 is 5.73 Å². The molecule has 0 aromatic rings. The molecular formula is C10H17BrN2O4. The number of nitrogens with zero attached hydrogens (tertiary/aromatic N) is 1. The van der Waals surface area contributed by atoms with Crippen LogP contribution in [0.2, 0.25) is 0 Å². The van der Waals surface area contributed by atoms with Crippen LogP contribution in [0.4, 0.5) is 0 Å². The van der Waals surface area contributed by atoms with Crippen molar-refractivity contribution in [1.29, 1.82) is 0 Å². The SMILES string of the molecule is Br.NCCCCCC(=O)ON1C(=O)CCC1=O. The van der Waals surface area contributed by atoms with E-state index in [-0.39, 0.29) is 36.2 Å². The summed E-state index contributed by atoms with van der Waals surface area (Å²) >= 11 is 0. The van der Waals surface area contributed by atoms with Crippen LogP contribution in [0, 0.1) is 0 Å². The van der Waals surface area contributed by atoms with E-state index in [0.717, 1.165) is 12.8 Å². The number of nitrogens with two attached hydrogens (primary N) is 1. The smallest absolute Gasteiger partial charge is 0.330 e. The van der Waals surface area contributed by atoms with Crippen molar-refractivity contribution in [1.82, 2.24) is 5.06 Å². The molecule has 1 rings (SSSR count). The van der Waals surface area contributed by atoms with Crippen molar-refractivity contribution < 1.29 is 19.2 Å². The third kappa shape index (κ3) is 5.27. The summed E-state index contributed by atoms with van der Waals surface area (Å²) in [5.74, 6) is -1.43. The number of halogens is 1. The molecule has 7 heteroatoms. The van der Waals surface area contributed by atoms with Gasteiger partial charge >= 0.3 is 5.97 Å². The van der Waals surface area contributed by atoms with Gasteiger partial charge in [-0.1, -0.05) is 6.42 Å². The number of carbonyl (C=O) groups is 3. The number of unbranched alkanes of at least 4 members (excludes halogenated alkanes) is 2. The molecule has 2 amide bonds. The predicted molar refractivity (Wildman–Crippen MR) is 65.0 cm³/mol. The Morgan fingerprint density at radius 3 is 2.29 bits per heavy atom. The topological polar surface area (TPSA) is 89.7 Å². The highest BCUT2D eigenvalue weighted by Crippen LogP contribution is 2.13. The van der Waals surface area contributed by atoms with E-state index in [1.54, 1.807) is 0 Å². The van der Waals surface area contributed by atoms with Crippen molar-refractivity contribution in [2.75, 3.05) is 6.54 Å². The number of rotatable bonds is 6. The maximum Gasteiger partial charge on any atom is 0.333 e. The van der Waals surface area contributed by atoms with Crippen LogP contribution in [-0.4, -0.2) is 29.4 Å². The fraction of sp³-hybridized carbons (Fsp3) is 0.700. The fourth-order valence-corrected chi connectivity index (χ4v) is 1.40. The summed E-state index contributed by atoms with van der Waals surface area (Å²) < 4.78 is 0.